The van der Waals surface area contributed by atoms with E-state index in [4.69, 9.17) is 22.1 Å². The van der Waals surface area contributed by atoms with Crippen LogP contribution in [0.25, 0.3) is 23.0 Å². The summed E-state index contributed by atoms with van der Waals surface area (Å²) in [5.41, 5.74) is 5.81. The van der Waals surface area contributed by atoms with Gasteiger partial charge in [-0.2, -0.15) is 5.10 Å². The van der Waals surface area contributed by atoms with Gasteiger partial charge in [0.25, 0.3) is 5.91 Å². The van der Waals surface area contributed by atoms with Gasteiger partial charge in [-0.1, -0.05) is 86.4 Å². The first-order chi connectivity index (χ1) is 19.4. The fraction of sp³-hybridized carbons (Fsp3) is 0.242. The van der Waals surface area contributed by atoms with E-state index in [1.165, 1.54) is 17.3 Å². The number of carbonyl (C=O) groups excluding carboxylic acids is 1. The molecule has 1 amide bonds. The number of benzene rings is 3. The van der Waals surface area contributed by atoms with Crippen molar-refractivity contribution in [3.05, 3.63) is 107 Å². The van der Waals surface area contributed by atoms with E-state index in [0.717, 1.165) is 46.7 Å². The van der Waals surface area contributed by atoms with Crippen molar-refractivity contribution in [2.45, 2.75) is 33.6 Å². The first kappa shape index (κ1) is 27.9. The number of aryl methyl sites for hydroxylation is 1. The largest absolute Gasteiger partial charge is 0.493 e. The van der Waals surface area contributed by atoms with Crippen LogP contribution < -0.4 is 4.74 Å². The van der Waals surface area contributed by atoms with Crippen LogP contribution in [-0.2, 0) is 11.2 Å². The summed E-state index contributed by atoms with van der Waals surface area (Å²) in [5, 5.41) is 4.95. The molecule has 0 spiro atoms. The van der Waals surface area contributed by atoms with Gasteiger partial charge in [-0.25, -0.2) is 4.68 Å². The van der Waals surface area contributed by atoms with Crippen molar-refractivity contribution in [3.8, 4) is 22.7 Å². The smallest absolute Gasteiger partial charge is 0.266 e. The SMILES string of the molecule is Cc1cc(-c2nn(-c3ccccc3)cc2C=C2SC(=S)N(CCc3ccccc3)C2=O)ccc1OCCC(C)C. The van der Waals surface area contributed by atoms with Gasteiger partial charge in [0.05, 0.1) is 17.2 Å². The zero-order chi connectivity index (χ0) is 28.1. The number of nitrogens with zero attached hydrogens (tertiary/aromatic N) is 3. The van der Waals surface area contributed by atoms with Crippen molar-refractivity contribution >= 4 is 40.3 Å². The molecule has 0 radical (unpaired) electrons. The summed E-state index contributed by atoms with van der Waals surface area (Å²) in [6.45, 7) is 7.69. The third-order valence-electron chi connectivity index (χ3n) is 6.79. The molecular formula is C33H33N3O2S2. The van der Waals surface area contributed by atoms with Crippen LogP contribution in [0.2, 0.25) is 0 Å². The van der Waals surface area contributed by atoms with Crippen molar-refractivity contribution in [1.29, 1.82) is 0 Å². The van der Waals surface area contributed by atoms with Crippen molar-refractivity contribution in [2.75, 3.05) is 13.2 Å². The van der Waals surface area contributed by atoms with Gasteiger partial charge in [-0.05, 0) is 73.2 Å². The van der Waals surface area contributed by atoms with Gasteiger partial charge in [-0.15, -0.1) is 0 Å². The van der Waals surface area contributed by atoms with Gasteiger partial charge in [-0.3, -0.25) is 9.69 Å². The number of ether oxygens (including phenoxy) is 1. The maximum absolute atomic E-state index is 13.4. The third kappa shape index (κ3) is 6.54. The Hall–Kier alpha value is -3.68. The van der Waals surface area contributed by atoms with E-state index in [2.05, 4.69) is 39.0 Å². The molecular weight excluding hydrogens is 535 g/mol. The van der Waals surface area contributed by atoms with E-state index < -0.39 is 0 Å². The third-order valence-corrected chi connectivity index (χ3v) is 8.17. The standard InChI is InChI=1S/C33H33N3O2S2/c1-23(2)17-19-38-29-15-14-26(20-24(29)3)31-27(22-36(34-31)28-12-8-5-9-13-28)21-30-32(37)35(33(39)40-30)18-16-25-10-6-4-7-11-25/h4-15,20-23H,16-19H2,1-3H3. The maximum atomic E-state index is 13.4. The van der Waals surface area contributed by atoms with E-state index in [9.17, 15) is 4.79 Å². The van der Waals surface area contributed by atoms with Gasteiger partial charge in [0, 0.05) is 23.9 Å². The van der Waals surface area contributed by atoms with Crippen LogP contribution in [0.15, 0.2) is 90.0 Å². The predicted octanol–water partition coefficient (Wildman–Crippen LogP) is 7.72. The molecule has 5 rings (SSSR count). The van der Waals surface area contributed by atoms with E-state index in [1.807, 2.05) is 77.6 Å². The number of thioether (sulfide) groups is 1. The molecule has 0 unspecified atom stereocenters. The zero-order valence-corrected chi connectivity index (χ0v) is 24.7. The van der Waals surface area contributed by atoms with Gasteiger partial charge < -0.3 is 4.74 Å². The summed E-state index contributed by atoms with van der Waals surface area (Å²) in [4.78, 5) is 15.7. The summed E-state index contributed by atoms with van der Waals surface area (Å²) in [6, 6.07) is 26.3. The molecule has 1 aliphatic rings. The summed E-state index contributed by atoms with van der Waals surface area (Å²) < 4.78 is 8.48. The van der Waals surface area contributed by atoms with Gasteiger partial charge in [0.2, 0.25) is 0 Å². The summed E-state index contributed by atoms with van der Waals surface area (Å²) >= 11 is 6.96. The topological polar surface area (TPSA) is 47.4 Å². The van der Waals surface area contributed by atoms with E-state index >= 15 is 0 Å². The number of thiocarbonyl (C=S) groups is 1. The number of amides is 1. The first-order valence-electron chi connectivity index (χ1n) is 13.6. The van der Waals surface area contributed by atoms with Crippen molar-refractivity contribution < 1.29 is 9.53 Å². The van der Waals surface area contributed by atoms with Crippen LogP contribution in [0.1, 0.15) is 37.0 Å². The molecule has 0 saturated carbocycles. The fourth-order valence-corrected chi connectivity index (χ4v) is 5.81. The van der Waals surface area contributed by atoms with Gasteiger partial charge >= 0.3 is 0 Å². The Balaban J connectivity index is 1.44. The minimum Gasteiger partial charge on any atom is -0.493 e. The Morgan fingerprint density at radius 2 is 1.75 bits per heavy atom. The van der Waals surface area contributed by atoms with E-state index in [0.29, 0.717) is 28.3 Å². The van der Waals surface area contributed by atoms with Crippen LogP contribution in [0.4, 0.5) is 0 Å². The highest BCUT2D eigenvalue weighted by Crippen LogP contribution is 2.36. The zero-order valence-electron chi connectivity index (χ0n) is 23.0. The molecule has 0 atom stereocenters. The summed E-state index contributed by atoms with van der Waals surface area (Å²) in [7, 11) is 0. The highest BCUT2D eigenvalue weighted by molar-refractivity contribution is 8.26. The second-order valence-electron chi connectivity index (χ2n) is 10.3. The lowest BCUT2D eigenvalue weighted by Crippen LogP contribution is -2.30. The molecule has 1 aromatic heterocycles. The first-order valence-corrected chi connectivity index (χ1v) is 14.8. The minimum atomic E-state index is -0.0607. The minimum absolute atomic E-state index is 0.0607. The molecule has 0 N–H and O–H groups in total. The quantitative estimate of drug-likeness (QED) is 0.145. The molecule has 1 fully saturated rings. The number of aromatic nitrogens is 2. The van der Waals surface area contributed by atoms with Gasteiger partial charge in [0.15, 0.2) is 0 Å². The highest BCUT2D eigenvalue weighted by Gasteiger charge is 2.32. The van der Waals surface area contributed by atoms with Crippen LogP contribution in [-0.4, -0.2) is 38.1 Å². The number of rotatable bonds is 10. The molecule has 1 aliphatic heterocycles. The normalized spacial score (nSPS) is 14.5. The second-order valence-corrected chi connectivity index (χ2v) is 12.0. The molecule has 40 heavy (non-hydrogen) atoms. The molecule has 2 heterocycles. The molecule has 0 bridgehead atoms. The van der Waals surface area contributed by atoms with Crippen LogP contribution >= 0.6 is 24.0 Å². The number of para-hydroxylation sites is 1. The molecule has 4 aromatic rings. The van der Waals surface area contributed by atoms with Crippen molar-refractivity contribution in [1.82, 2.24) is 14.7 Å². The second kappa shape index (κ2) is 12.7. The van der Waals surface area contributed by atoms with E-state index in [1.54, 1.807) is 4.90 Å². The lowest BCUT2D eigenvalue weighted by atomic mass is 10.0. The summed E-state index contributed by atoms with van der Waals surface area (Å²) in [6.07, 6.45) is 5.66. The van der Waals surface area contributed by atoms with Crippen LogP contribution in [0.5, 0.6) is 5.75 Å². The average molecular weight is 568 g/mol. The molecule has 204 valence electrons. The fourth-order valence-electron chi connectivity index (χ4n) is 4.51. The Morgan fingerprint density at radius 1 is 1.02 bits per heavy atom. The highest BCUT2D eigenvalue weighted by atomic mass is 32.2. The summed E-state index contributed by atoms with van der Waals surface area (Å²) in [5.74, 6) is 1.41. The molecule has 7 heteroatoms. The lowest BCUT2D eigenvalue weighted by molar-refractivity contribution is -0.122. The molecule has 1 saturated heterocycles. The van der Waals surface area contributed by atoms with Crippen molar-refractivity contribution in [2.24, 2.45) is 5.92 Å². The van der Waals surface area contributed by atoms with Crippen LogP contribution in [0, 0.1) is 12.8 Å². The maximum Gasteiger partial charge on any atom is 0.266 e. The Kier molecular flexibility index (Phi) is 8.82. The Labute approximate surface area is 245 Å². The van der Waals surface area contributed by atoms with Crippen LogP contribution in [0.3, 0.4) is 0 Å². The predicted molar refractivity (Wildman–Crippen MR) is 169 cm³/mol. The monoisotopic (exact) mass is 567 g/mol. The van der Waals surface area contributed by atoms with Gasteiger partial charge in [0.1, 0.15) is 15.8 Å². The average Bonchev–Trinajstić information content (AvgIpc) is 3.49. The van der Waals surface area contributed by atoms with E-state index in [-0.39, 0.29) is 5.91 Å². The number of hydrogen-bond donors (Lipinski definition) is 0. The lowest BCUT2D eigenvalue weighted by Gasteiger charge is -2.14. The number of hydrogen-bond acceptors (Lipinski definition) is 5. The molecule has 5 nitrogen and oxygen atoms in total. The Morgan fingerprint density at radius 3 is 2.45 bits per heavy atom. The molecule has 3 aromatic carbocycles. The molecule has 0 aliphatic carbocycles. The van der Waals surface area contributed by atoms with Crippen molar-refractivity contribution in [3.63, 3.8) is 0 Å². The Bertz CT molecular complexity index is 1530. The number of carbonyl (C=O) groups is 1.